The number of ether oxygens (including phenoxy) is 1. The molecule has 1 aromatic carbocycles. The van der Waals surface area contributed by atoms with Gasteiger partial charge < -0.3 is 9.84 Å². The third-order valence-corrected chi connectivity index (χ3v) is 5.31. The molecule has 1 saturated heterocycles. The molecule has 0 radical (unpaired) electrons. The van der Waals surface area contributed by atoms with Crippen molar-refractivity contribution in [1.82, 2.24) is 4.31 Å². The summed E-state index contributed by atoms with van der Waals surface area (Å²) in [7, 11) is -1.73. The zero-order valence-electron chi connectivity index (χ0n) is 11.7. The summed E-state index contributed by atoms with van der Waals surface area (Å²) in [5.74, 6) is -0.0259. The maximum absolute atomic E-state index is 12.3. The normalized spacial score (nSPS) is 19.6. The van der Waals surface area contributed by atoms with Crippen LogP contribution in [0.3, 0.4) is 0 Å². The molecule has 6 heteroatoms. The number of hydrogen-bond donors (Lipinski definition) is 1. The average Bonchev–Trinajstić information content (AvgIpc) is 2.92. The van der Waals surface area contributed by atoms with Crippen LogP contribution < -0.4 is 0 Å². The molecule has 0 saturated carbocycles. The maximum Gasteiger partial charge on any atom is 0.218 e. The molecule has 0 aromatic heterocycles. The second-order valence-electron chi connectivity index (χ2n) is 5.15. The fourth-order valence-electron chi connectivity index (χ4n) is 2.25. The van der Waals surface area contributed by atoms with Crippen molar-refractivity contribution >= 4 is 10.0 Å². The van der Waals surface area contributed by atoms with Gasteiger partial charge in [0.25, 0.3) is 0 Å². The van der Waals surface area contributed by atoms with Gasteiger partial charge in [0.05, 0.1) is 18.5 Å². The topological polar surface area (TPSA) is 66.8 Å². The van der Waals surface area contributed by atoms with Crippen LogP contribution in [-0.2, 0) is 27.1 Å². The zero-order valence-corrected chi connectivity index (χ0v) is 12.5. The van der Waals surface area contributed by atoms with E-state index >= 15 is 0 Å². The number of hydrogen-bond acceptors (Lipinski definition) is 4. The predicted octanol–water partition coefficient (Wildman–Crippen LogP) is 1.12. The summed E-state index contributed by atoms with van der Waals surface area (Å²) in [6.07, 6.45) is 1.94. The smallest absolute Gasteiger partial charge is 0.218 e. The molecule has 1 N–H and O–H groups in total. The van der Waals surface area contributed by atoms with Crippen LogP contribution in [0, 0.1) is 0 Å². The fourth-order valence-corrected chi connectivity index (χ4v) is 3.48. The van der Waals surface area contributed by atoms with Gasteiger partial charge in [-0.05, 0) is 24.0 Å². The lowest BCUT2D eigenvalue weighted by atomic mass is 10.2. The molecule has 5 nitrogen and oxygen atoms in total. The van der Waals surface area contributed by atoms with Gasteiger partial charge in [-0.3, -0.25) is 0 Å². The molecule has 0 spiro atoms. The van der Waals surface area contributed by atoms with Crippen LogP contribution in [0.5, 0.6) is 0 Å². The second-order valence-corrected chi connectivity index (χ2v) is 7.22. The Labute approximate surface area is 120 Å². The number of aliphatic hydroxyl groups is 1. The lowest BCUT2D eigenvalue weighted by Gasteiger charge is -2.20. The Morgan fingerprint density at radius 3 is 2.50 bits per heavy atom. The van der Waals surface area contributed by atoms with Crippen molar-refractivity contribution in [2.24, 2.45) is 0 Å². The number of aliphatic hydroxyl groups excluding tert-OH is 1. The van der Waals surface area contributed by atoms with E-state index in [0.717, 1.165) is 30.6 Å². The molecule has 1 unspecified atom stereocenters. The lowest BCUT2D eigenvalue weighted by Crippen LogP contribution is -2.34. The molecular weight excluding hydrogens is 278 g/mol. The Morgan fingerprint density at radius 1 is 1.30 bits per heavy atom. The van der Waals surface area contributed by atoms with E-state index in [1.165, 1.54) is 4.31 Å². The third kappa shape index (κ3) is 4.02. The number of rotatable bonds is 6. The summed E-state index contributed by atoms with van der Waals surface area (Å²) < 4.78 is 31.4. The predicted molar refractivity (Wildman–Crippen MR) is 76.6 cm³/mol. The van der Waals surface area contributed by atoms with Gasteiger partial charge in [0.2, 0.25) is 10.0 Å². The van der Waals surface area contributed by atoms with E-state index < -0.39 is 10.0 Å². The average molecular weight is 299 g/mol. The fraction of sp³-hybridized carbons (Fsp3) is 0.571. The van der Waals surface area contributed by atoms with E-state index in [9.17, 15) is 8.42 Å². The molecule has 0 bridgehead atoms. The molecule has 2 rings (SSSR count). The molecule has 0 aliphatic carbocycles. The minimum absolute atomic E-state index is 0.0199. The van der Waals surface area contributed by atoms with Crippen molar-refractivity contribution in [3.8, 4) is 0 Å². The SMILES string of the molecule is CN(CC1CCCO1)S(=O)(=O)Cc1ccc(CO)cc1. The van der Waals surface area contributed by atoms with Crippen molar-refractivity contribution in [3.05, 3.63) is 35.4 Å². The minimum Gasteiger partial charge on any atom is -0.392 e. The highest BCUT2D eigenvalue weighted by molar-refractivity contribution is 7.88. The first-order valence-electron chi connectivity index (χ1n) is 6.75. The monoisotopic (exact) mass is 299 g/mol. The molecule has 0 amide bonds. The number of nitrogens with zero attached hydrogens (tertiary/aromatic N) is 1. The highest BCUT2D eigenvalue weighted by atomic mass is 32.2. The Bertz CT molecular complexity index is 521. The van der Waals surface area contributed by atoms with E-state index in [2.05, 4.69) is 0 Å². The summed E-state index contributed by atoms with van der Waals surface area (Å²) in [5, 5.41) is 8.97. The highest BCUT2D eigenvalue weighted by Crippen LogP contribution is 2.16. The summed E-state index contributed by atoms with van der Waals surface area (Å²) in [4.78, 5) is 0. The summed E-state index contributed by atoms with van der Waals surface area (Å²) in [5.41, 5.74) is 1.50. The van der Waals surface area contributed by atoms with Crippen molar-refractivity contribution < 1.29 is 18.3 Å². The first kappa shape index (κ1) is 15.4. The van der Waals surface area contributed by atoms with Crippen molar-refractivity contribution in [2.45, 2.75) is 31.3 Å². The van der Waals surface area contributed by atoms with E-state index in [-0.39, 0.29) is 18.5 Å². The van der Waals surface area contributed by atoms with Gasteiger partial charge in [-0.25, -0.2) is 12.7 Å². The quantitative estimate of drug-likeness (QED) is 0.855. The molecule has 1 atom stereocenters. The van der Waals surface area contributed by atoms with Crippen LogP contribution in [0.1, 0.15) is 24.0 Å². The van der Waals surface area contributed by atoms with Crippen LogP contribution in [0.25, 0.3) is 0 Å². The van der Waals surface area contributed by atoms with E-state index in [4.69, 9.17) is 9.84 Å². The van der Waals surface area contributed by atoms with Gasteiger partial charge >= 0.3 is 0 Å². The van der Waals surface area contributed by atoms with Crippen LogP contribution in [-0.4, -0.2) is 44.1 Å². The highest BCUT2D eigenvalue weighted by Gasteiger charge is 2.24. The Hall–Kier alpha value is -0.950. The van der Waals surface area contributed by atoms with Crippen molar-refractivity contribution in [3.63, 3.8) is 0 Å². The van der Waals surface area contributed by atoms with Gasteiger partial charge in [-0.1, -0.05) is 24.3 Å². The lowest BCUT2D eigenvalue weighted by molar-refractivity contribution is 0.0978. The Morgan fingerprint density at radius 2 is 1.95 bits per heavy atom. The molecule has 1 aliphatic heterocycles. The second kappa shape index (κ2) is 6.67. The molecule has 20 heavy (non-hydrogen) atoms. The molecular formula is C14H21NO4S. The van der Waals surface area contributed by atoms with Crippen LogP contribution in [0.4, 0.5) is 0 Å². The first-order valence-corrected chi connectivity index (χ1v) is 8.36. The number of likely N-dealkylation sites (N-methyl/N-ethyl adjacent to an activating group) is 1. The number of sulfonamides is 1. The maximum atomic E-state index is 12.3. The van der Waals surface area contributed by atoms with Crippen LogP contribution in [0.15, 0.2) is 24.3 Å². The van der Waals surface area contributed by atoms with Crippen LogP contribution >= 0.6 is 0 Å². The van der Waals surface area contributed by atoms with Crippen molar-refractivity contribution in [1.29, 1.82) is 0 Å². The summed E-state index contributed by atoms with van der Waals surface area (Å²) >= 11 is 0. The van der Waals surface area contributed by atoms with Crippen LogP contribution in [0.2, 0.25) is 0 Å². The first-order chi connectivity index (χ1) is 9.51. The molecule has 1 heterocycles. The van der Waals surface area contributed by atoms with Gasteiger partial charge in [-0.15, -0.1) is 0 Å². The minimum atomic E-state index is -3.33. The van der Waals surface area contributed by atoms with Gasteiger partial charge in [0.15, 0.2) is 0 Å². The molecule has 1 aromatic rings. The molecule has 1 aliphatic rings. The van der Waals surface area contributed by atoms with Gasteiger partial charge in [0.1, 0.15) is 0 Å². The largest absolute Gasteiger partial charge is 0.392 e. The van der Waals surface area contributed by atoms with E-state index in [0.29, 0.717) is 6.54 Å². The summed E-state index contributed by atoms with van der Waals surface area (Å²) in [6.45, 7) is 1.10. The standard InChI is InChI=1S/C14H21NO4S/c1-15(9-14-3-2-8-19-14)20(17,18)11-13-6-4-12(10-16)5-7-13/h4-7,14,16H,2-3,8-11H2,1H3. The summed E-state index contributed by atoms with van der Waals surface area (Å²) in [6, 6.07) is 6.96. The van der Waals surface area contributed by atoms with Gasteiger partial charge in [-0.2, -0.15) is 0 Å². The van der Waals surface area contributed by atoms with E-state index in [1.54, 1.807) is 31.3 Å². The number of benzene rings is 1. The molecule has 112 valence electrons. The zero-order chi connectivity index (χ0) is 14.6. The Balaban J connectivity index is 1.97. The molecule has 1 fully saturated rings. The van der Waals surface area contributed by atoms with Crippen molar-refractivity contribution in [2.75, 3.05) is 20.2 Å². The van der Waals surface area contributed by atoms with E-state index in [1.807, 2.05) is 0 Å². The Kier molecular flexibility index (Phi) is 5.15. The van der Waals surface area contributed by atoms with Gasteiger partial charge in [0, 0.05) is 20.2 Å². The third-order valence-electron chi connectivity index (χ3n) is 3.51.